The molecule has 0 spiro atoms. The molecular formula is C23H18F2N4O3S. The molecule has 1 unspecified atom stereocenters. The van der Waals surface area contributed by atoms with Crippen LogP contribution in [-0.2, 0) is 22.5 Å². The second kappa shape index (κ2) is 8.52. The highest BCUT2D eigenvalue weighted by Crippen LogP contribution is 2.38. The van der Waals surface area contributed by atoms with Crippen LogP contribution in [0, 0.1) is 23.1 Å². The van der Waals surface area contributed by atoms with Gasteiger partial charge in [-0.15, -0.1) is 4.36 Å². The molecule has 7 nitrogen and oxygen atoms in total. The summed E-state index contributed by atoms with van der Waals surface area (Å²) in [5.74, 6) is -1.55. The van der Waals surface area contributed by atoms with Crippen molar-refractivity contribution in [1.82, 2.24) is 9.55 Å². The van der Waals surface area contributed by atoms with E-state index in [1.54, 1.807) is 49.9 Å². The molecule has 33 heavy (non-hydrogen) atoms. The number of hydrogen-bond acceptors (Lipinski definition) is 5. The minimum atomic E-state index is -2.80. The van der Waals surface area contributed by atoms with Crippen molar-refractivity contribution in [2.75, 3.05) is 6.26 Å². The molecule has 0 saturated carbocycles. The predicted molar refractivity (Wildman–Crippen MR) is 121 cm³/mol. The molecule has 0 radical (unpaired) electrons. The zero-order valence-electron chi connectivity index (χ0n) is 17.6. The summed E-state index contributed by atoms with van der Waals surface area (Å²) >= 11 is 0. The summed E-state index contributed by atoms with van der Waals surface area (Å²) in [7, 11) is -1.21. The summed E-state index contributed by atoms with van der Waals surface area (Å²) in [4.78, 5) is 15.4. The van der Waals surface area contributed by atoms with Crippen molar-refractivity contribution in [2.24, 2.45) is 11.4 Å². The van der Waals surface area contributed by atoms with E-state index in [9.17, 15) is 17.8 Å². The van der Waals surface area contributed by atoms with Gasteiger partial charge < -0.3 is 14.3 Å². The first-order valence-electron chi connectivity index (χ1n) is 9.69. The highest BCUT2D eigenvalue weighted by Gasteiger charge is 2.18. The summed E-state index contributed by atoms with van der Waals surface area (Å²) in [5.41, 5.74) is 1.83. The van der Waals surface area contributed by atoms with Gasteiger partial charge in [0, 0.05) is 48.3 Å². The first kappa shape index (κ1) is 22.2. The summed E-state index contributed by atoms with van der Waals surface area (Å²) < 4.78 is 50.9. The Labute approximate surface area is 188 Å². The lowest BCUT2D eigenvalue weighted by molar-refractivity contribution is 0.439. The van der Waals surface area contributed by atoms with E-state index in [-0.39, 0.29) is 22.8 Å². The summed E-state index contributed by atoms with van der Waals surface area (Å²) in [6.45, 7) is 0. The number of halogens is 2. The molecule has 2 aromatic carbocycles. The van der Waals surface area contributed by atoms with Crippen LogP contribution < -0.4 is 10.3 Å². The number of nitriles is 1. The number of nitrogens with zero attached hydrogens (tertiary/aromatic N) is 3. The van der Waals surface area contributed by atoms with Crippen LogP contribution in [-0.4, -0.2) is 20.0 Å². The fourth-order valence-electron chi connectivity index (χ4n) is 3.55. The number of H-pyrrole nitrogens is 1. The zero-order valence-corrected chi connectivity index (χ0v) is 18.5. The highest BCUT2D eigenvalue weighted by atomic mass is 32.2. The number of ether oxygens (including phenoxy) is 1. The van der Waals surface area contributed by atoms with Crippen molar-refractivity contribution in [3.05, 3.63) is 82.4 Å². The average molecular weight is 468 g/mol. The van der Waals surface area contributed by atoms with Gasteiger partial charge in [-0.25, -0.2) is 13.0 Å². The van der Waals surface area contributed by atoms with Crippen LogP contribution in [0.4, 0.5) is 8.78 Å². The Morgan fingerprint density at radius 2 is 1.91 bits per heavy atom. The maximum Gasteiger partial charge on any atom is 0.274 e. The second-order valence-electron chi connectivity index (χ2n) is 7.53. The predicted octanol–water partition coefficient (Wildman–Crippen LogP) is 4.68. The minimum absolute atomic E-state index is 0.000787. The van der Waals surface area contributed by atoms with Crippen LogP contribution in [0.3, 0.4) is 0 Å². The Hall–Kier alpha value is -3.97. The third-order valence-electron chi connectivity index (χ3n) is 5.01. The maximum absolute atomic E-state index is 14.3. The molecule has 168 valence electrons. The molecular weight excluding hydrogens is 450 g/mol. The lowest BCUT2D eigenvalue weighted by Crippen LogP contribution is -2.16. The van der Waals surface area contributed by atoms with Crippen LogP contribution in [0.2, 0.25) is 0 Å². The molecule has 0 aliphatic heterocycles. The van der Waals surface area contributed by atoms with Gasteiger partial charge in [-0.1, -0.05) is 6.07 Å². The number of nitrogens with one attached hydrogen (secondary N) is 1. The van der Waals surface area contributed by atoms with Crippen molar-refractivity contribution >= 4 is 20.6 Å². The van der Waals surface area contributed by atoms with Gasteiger partial charge in [0.2, 0.25) is 6.19 Å². The SMILES string of the molecule is Cn1cc(-c2cc(CS(C)(=O)=NC#N)ccc2Oc2ccc(F)cc2F)c2cc[nH]c2c1=O. The van der Waals surface area contributed by atoms with Gasteiger partial charge in [0.1, 0.15) is 17.1 Å². The Kier molecular flexibility index (Phi) is 5.74. The molecule has 4 rings (SSSR count). The van der Waals surface area contributed by atoms with Crippen LogP contribution in [0.5, 0.6) is 11.5 Å². The number of rotatable bonds is 5. The van der Waals surface area contributed by atoms with Crippen LogP contribution in [0.1, 0.15) is 5.56 Å². The first-order chi connectivity index (χ1) is 15.7. The van der Waals surface area contributed by atoms with E-state index in [0.717, 1.165) is 12.1 Å². The molecule has 0 aliphatic rings. The Balaban J connectivity index is 1.93. The number of benzene rings is 2. The summed E-state index contributed by atoms with van der Waals surface area (Å²) in [5, 5.41) is 9.41. The second-order valence-corrected chi connectivity index (χ2v) is 9.92. The Morgan fingerprint density at radius 3 is 2.64 bits per heavy atom. The van der Waals surface area contributed by atoms with Gasteiger partial charge in [0.05, 0.1) is 15.5 Å². The maximum atomic E-state index is 14.3. The Morgan fingerprint density at radius 1 is 1.15 bits per heavy atom. The van der Waals surface area contributed by atoms with Gasteiger partial charge in [-0.05, 0) is 35.9 Å². The van der Waals surface area contributed by atoms with Crippen molar-refractivity contribution in [2.45, 2.75) is 5.75 Å². The number of aromatic amines is 1. The Bertz CT molecular complexity index is 1610. The molecule has 1 atom stereocenters. The van der Waals surface area contributed by atoms with Crippen molar-refractivity contribution in [3.8, 4) is 28.8 Å². The van der Waals surface area contributed by atoms with Gasteiger partial charge >= 0.3 is 0 Å². The molecule has 10 heteroatoms. The highest BCUT2D eigenvalue weighted by molar-refractivity contribution is 7.92. The molecule has 0 amide bonds. The van der Waals surface area contributed by atoms with Gasteiger partial charge in [-0.2, -0.15) is 5.26 Å². The van der Waals surface area contributed by atoms with Crippen LogP contribution in [0.15, 0.2) is 64.0 Å². The van der Waals surface area contributed by atoms with Gasteiger partial charge in [0.25, 0.3) is 5.56 Å². The lowest BCUT2D eigenvalue weighted by atomic mass is 10.0. The van der Waals surface area contributed by atoms with Crippen LogP contribution in [0.25, 0.3) is 22.0 Å². The lowest BCUT2D eigenvalue weighted by Gasteiger charge is -2.15. The summed E-state index contributed by atoms with van der Waals surface area (Å²) in [6.07, 6.45) is 6.20. The normalized spacial score (nSPS) is 12.8. The molecule has 4 aromatic rings. The number of pyridine rings is 1. The quantitative estimate of drug-likeness (QED) is 0.430. The molecule has 1 N–H and O–H groups in total. The molecule has 2 heterocycles. The first-order valence-corrected chi connectivity index (χ1v) is 11.8. The van der Waals surface area contributed by atoms with Crippen LogP contribution >= 0.6 is 0 Å². The van der Waals surface area contributed by atoms with Crippen molar-refractivity contribution in [3.63, 3.8) is 0 Å². The molecule has 0 saturated heterocycles. The van der Waals surface area contributed by atoms with Crippen molar-refractivity contribution in [1.29, 1.82) is 5.26 Å². The standard InChI is InChI=1S/C23H18F2N4O3S/c1-29-11-18(16-7-8-27-22(16)23(29)30)17-9-14(12-33(2,31)28-13-26)3-5-20(17)32-21-6-4-15(24)10-19(21)25/h3-11,27H,12H2,1-2H3. The molecule has 0 aliphatic carbocycles. The monoisotopic (exact) mass is 468 g/mol. The minimum Gasteiger partial charge on any atom is -0.454 e. The number of hydrogen-bond donors (Lipinski definition) is 1. The van der Waals surface area contributed by atoms with E-state index in [2.05, 4.69) is 9.35 Å². The van der Waals surface area contributed by atoms with E-state index < -0.39 is 21.4 Å². The average Bonchev–Trinajstić information content (AvgIpc) is 3.23. The zero-order chi connectivity index (χ0) is 23.8. The van der Waals surface area contributed by atoms with E-state index in [4.69, 9.17) is 10.00 Å². The number of aromatic nitrogens is 2. The van der Waals surface area contributed by atoms with E-state index >= 15 is 0 Å². The molecule has 2 aromatic heterocycles. The number of aryl methyl sites for hydroxylation is 1. The smallest absolute Gasteiger partial charge is 0.274 e. The molecule has 0 bridgehead atoms. The van der Waals surface area contributed by atoms with E-state index in [1.165, 1.54) is 16.9 Å². The van der Waals surface area contributed by atoms with E-state index in [1.807, 2.05) is 0 Å². The third-order valence-corrected chi connectivity index (χ3v) is 6.35. The largest absolute Gasteiger partial charge is 0.454 e. The van der Waals surface area contributed by atoms with Crippen molar-refractivity contribution < 1.29 is 17.7 Å². The van der Waals surface area contributed by atoms with Gasteiger partial charge in [0.15, 0.2) is 11.6 Å². The molecule has 0 fully saturated rings. The van der Waals surface area contributed by atoms with Gasteiger partial charge in [-0.3, -0.25) is 4.79 Å². The van der Waals surface area contributed by atoms with E-state index in [0.29, 0.717) is 27.6 Å². The third kappa shape index (κ3) is 4.49. The topological polar surface area (TPSA) is 100 Å². The fraction of sp³-hybridized carbons (Fsp3) is 0.130. The number of fused-ring (bicyclic) bond motifs is 1. The summed E-state index contributed by atoms with van der Waals surface area (Å²) in [6, 6.07) is 9.60. The fourth-order valence-corrected chi connectivity index (χ4v) is 4.59.